The van der Waals surface area contributed by atoms with E-state index in [1.165, 1.54) is 0 Å². The number of para-hydroxylation sites is 1. The fourth-order valence-electron chi connectivity index (χ4n) is 5.33. The third-order valence-corrected chi connectivity index (χ3v) is 6.92. The minimum Gasteiger partial charge on any atom is -0.504 e. The average molecular weight is 416 g/mol. The molecular formula is C23H33N3O4. The highest BCUT2D eigenvalue weighted by molar-refractivity contribution is 5.78. The Morgan fingerprint density at radius 2 is 1.97 bits per heavy atom. The molecule has 3 aliphatic rings. The Kier molecular flexibility index (Phi) is 6.46. The van der Waals surface area contributed by atoms with Gasteiger partial charge in [0.1, 0.15) is 0 Å². The predicted octanol–water partition coefficient (Wildman–Crippen LogP) is 2.23. The number of hydrogen-bond acceptors (Lipinski definition) is 5. The summed E-state index contributed by atoms with van der Waals surface area (Å²) in [5, 5.41) is 10.4. The van der Waals surface area contributed by atoms with E-state index in [0.29, 0.717) is 37.1 Å². The van der Waals surface area contributed by atoms with E-state index in [0.717, 1.165) is 64.0 Å². The molecule has 0 aliphatic carbocycles. The molecule has 0 spiro atoms. The smallest absolute Gasteiger partial charge is 0.222 e. The maximum atomic E-state index is 12.6. The Morgan fingerprint density at radius 3 is 2.73 bits per heavy atom. The topological polar surface area (TPSA) is 73.3 Å². The van der Waals surface area contributed by atoms with Crippen molar-refractivity contribution in [3.63, 3.8) is 0 Å². The molecule has 3 heterocycles. The van der Waals surface area contributed by atoms with E-state index in [1.54, 1.807) is 13.2 Å². The van der Waals surface area contributed by atoms with E-state index in [2.05, 4.69) is 9.80 Å². The zero-order valence-electron chi connectivity index (χ0n) is 17.9. The van der Waals surface area contributed by atoms with Crippen molar-refractivity contribution in [1.29, 1.82) is 0 Å². The van der Waals surface area contributed by atoms with Crippen LogP contribution >= 0.6 is 0 Å². The highest BCUT2D eigenvalue weighted by atomic mass is 16.5. The molecule has 7 nitrogen and oxygen atoms in total. The van der Waals surface area contributed by atoms with Crippen LogP contribution < -0.4 is 4.74 Å². The van der Waals surface area contributed by atoms with Crippen molar-refractivity contribution in [1.82, 2.24) is 14.7 Å². The molecule has 3 fully saturated rings. The molecule has 1 N–H and O–H groups in total. The lowest BCUT2D eigenvalue weighted by atomic mass is 9.83. The molecule has 0 unspecified atom stereocenters. The number of carbonyl (C=O) groups excluding carboxylic acids is 2. The van der Waals surface area contributed by atoms with Crippen LogP contribution in [0.15, 0.2) is 18.2 Å². The quantitative estimate of drug-likeness (QED) is 0.739. The van der Waals surface area contributed by atoms with Gasteiger partial charge in [-0.2, -0.15) is 0 Å². The summed E-state index contributed by atoms with van der Waals surface area (Å²) in [6.45, 7) is 4.92. The number of phenolic OH excluding ortho intramolecular Hbond substituents is 1. The molecule has 1 aromatic rings. The lowest BCUT2D eigenvalue weighted by Gasteiger charge is -2.47. The van der Waals surface area contributed by atoms with Crippen LogP contribution in [0.25, 0.3) is 0 Å². The van der Waals surface area contributed by atoms with Crippen molar-refractivity contribution in [2.45, 2.75) is 51.1 Å². The number of aromatic hydroxyl groups is 1. The molecule has 3 aliphatic heterocycles. The number of likely N-dealkylation sites (tertiary alicyclic amines) is 3. The normalized spacial score (nSPS) is 25.0. The van der Waals surface area contributed by atoms with Crippen molar-refractivity contribution < 1.29 is 19.4 Å². The number of fused-ring (bicyclic) bond motifs is 1. The van der Waals surface area contributed by atoms with Crippen molar-refractivity contribution in [3.8, 4) is 11.5 Å². The molecular weight excluding hydrogens is 382 g/mol. The number of ether oxygens (including phenoxy) is 1. The second kappa shape index (κ2) is 9.25. The second-order valence-corrected chi connectivity index (χ2v) is 8.78. The number of nitrogens with zero attached hydrogens (tertiary/aromatic N) is 3. The molecule has 2 amide bonds. The fraction of sp³-hybridized carbons (Fsp3) is 0.652. The first-order valence-electron chi connectivity index (χ1n) is 11.2. The third-order valence-electron chi connectivity index (χ3n) is 6.92. The number of piperidine rings is 2. The maximum Gasteiger partial charge on any atom is 0.222 e. The van der Waals surface area contributed by atoms with Gasteiger partial charge in [0.25, 0.3) is 0 Å². The van der Waals surface area contributed by atoms with Gasteiger partial charge in [-0.1, -0.05) is 12.1 Å². The van der Waals surface area contributed by atoms with E-state index >= 15 is 0 Å². The zero-order valence-corrected chi connectivity index (χ0v) is 17.9. The molecule has 30 heavy (non-hydrogen) atoms. The lowest BCUT2D eigenvalue weighted by Crippen LogP contribution is -2.56. The highest BCUT2D eigenvalue weighted by Crippen LogP contribution is 2.34. The Morgan fingerprint density at radius 1 is 1.10 bits per heavy atom. The molecule has 1 aromatic carbocycles. The van der Waals surface area contributed by atoms with Crippen LogP contribution in [-0.2, 0) is 16.1 Å². The van der Waals surface area contributed by atoms with Crippen LogP contribution in [-0.4, -0.2) is 77.5 Å². The first-order chi connectivity index (χ1) is 14.6. The van der Waals surface area contributed by atoms with Crippen molar-refractivity contribution in [2.75, 3.05) is 39.8 Å². The molecule has 0 radical (unpaired) electrons. The van der Waals surface area contributed by atoms with Gasteiger partial charge in [0, 0.05) is 63.7 Å². The van der Waals surface area contributed by atoms with Gasteiger partial charge in [0.15, 0.2) is 11.5 Å². The van der Waals surface area contributed by atoms with Crippen molar-refractivity contribution in [3.05, 3.63) is 23.8 Å². The van der Waals surface area contributed by atoms with Gasteiger partial charge in [0.2, 0.25) is 11.8 Å². The summed E-state index contributed by atoms with van der Waals surface area (Å²) in [5.74, 6) is 1.72. The number of phenols is 1. The van der Waals surface area contributed by atoms with Gasteiger partial charge in [-0.25, -0.2) is 0 Å². The van der Waals surface area contributed by atoms with Gasteiger partial charge in [-0.3, -0.25) is 14.5 Å². The summed E-state index contributed by atoms with van der Waals surface area (Å²) >= 11 is 0. The molecule has 0 saturated carbocycles. The molecule has 0 aromatic heterocycles. The van der Waals surface area contributed by atoms with Gasteiger partial charge < -0.3 is 19.6 Å². The van der Waals surface area contributed by atoms with E-state index in [9.17, 15) is 14.7 Å². The molecule has 164 valence electrons. The molecule has 4 rings (SSSR count). The minimum absolute atomic E-state index is 0.221. The highest BCUT2D eigenvalue weighted by Gasteiger charge is 2.39. The van der Waals surface area contributed by atoms with E-state index in [4.69, 9.17) is 4.74 Å². The van der Waals surface area contributed by atoms with E-state index < -0.39 is 0 Å². The number of rotatable bonds is 7. The summed E-state index contributed by atoms with van der Waals surface area (Å²) in [7, 11) is 1.57. The van der Waals surface area contributed by atoms with Gasteiger partial charge >= 0.3 is 0 Å². The second-order valence-electron chi connectivity index (χ2n) is 8.78. The van der Waals surface area contributed by atoms with Crippen LogP contribution in [0.5, 0.6) is 11.5 Å². The zero-order chi connectivity index (χ0) is 21.1. The maximum absolute atomic E-state index is 12.6. The number of benzene rings is 1. The lowest BCUT2D eigenvalue weighted by molar-refractivity contribution is -0.141. The van der Waals surface area contributed by atoms with Gasteiger partial charge in [-0.05, 0) is 37.7 Å². The van der Waals surface area contributed by atoms with Crippen LogP contribution in [0, 0.1) is 5.92 Å². The van der Waals surface area contributed by atoms with E-state index in [-0.39, 0.29) is 17.6 Å². The largest absolute Gasteiger partial charge is 0.504 e. The van der Waals surface area contributed by atoms with Crippen LogP contribution in [0.1, 0.15) is 44.1 Å². The average Bonchev–Trinajstić information content (AvgIpc) is 3.16. The number of amides is 2. The monoisotopic (exact) mass is 415 g/mol. The first kappa shape index (κ1) is 21.0. The van der Waals surface area contributed by atoms with E-state index in [1.807, 2.05) is 17.0 Å². The SMILES string of the molecule is COc1cccc(CN2CC[C@H]3[C@H](CCC(=O)N3CCCN3CCCC3=O)C2)c1O. The minimum atomic E-state index is 0.221. The Hall–Kier alpha value is -2.28. The van der Waals surface area contributed by atoms with Crippen LogP contribution in [0.3, 0.4) is 0 Å². The molecule has 2 atom stereocenters. The third kappa shape index (κ3) is 4.41. The van der Waals surface area contributed by atoms with Gasteiger partial charge in [-0.15, -0.1) is 0 Å². The molecule has 0 bridgehead atoms. The summed E-state index contributed by atoms with van der Waals surface area (Å²) in [5.41, 5.74) is 0.881. The first-order valence-corrected chi connectivity index (χ1v) is 11.2. The molecule has 3 saturated heterocycles. The molecule has 7 heteroatoms. The fourth-order valence-corrected chi connectivity index (χ4v) is 5.33. The summed E-state index contributed by atoms with van der Waals surface area (Å²) in [6.07, 6.45) is 5.01. The number of hydrogen-bond donors (Lipinski definition) is 1. The van der Waals surface area contributed by atoms with Crippen LogP contribution in [0.2, 0.25) is 0 Å². The Balaban J connectivity index is 1.33. The predicted molar refractivity (Wildman–Crippen MR) is 113 cm³/mol. The van der Waals surface area contributed by atoms with Crippen molar-refractivity contribution in [2.24, 2.45) is 5.92 Å². The summed E-state index contributed by atoms with van der Waals surface area (Å²) < 4.78 is 5.23. The Labute approximate surface area is 178 Å². The van der Waals surface area contributed by atoms with Crippen LogP contribution in [0.4, 0.5) is 0 Å². The van der Waals surface area contributed by atoms with Crippen molar-refractivity contribution >= 4 is 11.8 Å². The summed E-state index contributed by atoms with van der Waals surface area (Å²) in [6, 6.07) is 5.93. The number of methoxy groups -OCH3 is 1. The summed E-state index contributed by atoms with van der Waals surface area (Å²) in [4.78, 5) is 30.8. The van der Waals surface area contributed by atoms with Gasteiger partial charge in [0.05, 0.1) is 7.11 Å². The number of carbonyl (C=O) groups is 2. The standard InChI is InChI=1S/C23H33N3O4/c1-30-20-6-2-5-18(23(20)29)16-24-14-10-19-17(15-24)8-9-22(28)26(19)13-4-12-25-11-3-7-21(25)27/h2,5-6,17,19,29H,3-4,7-16H2,1H3/t17-,19+/m1/s1. The Bertz CT molecular complexity index is 784.